The van der Waals surface area contributed by atoms with Crippen LogP contribution in [0, 0.1) is 0 Å². The minimum atomic E-state index is -0.386. The molecular weight excluding hydrogens is 380 g/mol. The largest absolute Gasteiger partial charge is 0.487 e. The molecule has 0 spiro atoms. The molecule has 1 aliphatic rings. The molecule has 2 aromatic carbocycles. The van der Waals surface area contributed by atoms with Gasteiger partial charge in [0.25, 0.3) is 0 Å². The lowest BCUT2D eigenvalue weighted by molar-refractivity contribution is 0.0600. The maximum absolute atomic E-state index is 12.3. The zero-order valence-electron chi connectivity index (χ0n) is 15.4. The summed E-state index contributed by atoms with van der Waals surface area (Å²) in [6, 6.07) is 10.4. The fourth-order valence-corrected chi connectivity index (χ4v) is 3.79. The van der Waals surface area contributed by atoms with Crippen LogP contribution in [0.2, 0.25) is 5.02 Å². The Morgan fingerprint density at radius 2 is 1.82 bits per heavy atom. The Morgan fingerprint density at radius 1 is 1.11 bits per heavy atom. The average Bonchev–Trinajstić information content (AvgIpc) is 2.73. The Balaban J connectivity index is 1.60. The van der Waals surface area contributed by atoms with E-state index < -0.39 is 0 Å². The van der Waals surface area contributed by atoms with Crippen molar-refractivity contribution in [3.8, 4) is 5.75 Å². The molecule has 0 fully saturated rings. The third-order valence-electron chi connectivity index (χ3n) is 5.05. The number of benzene rings is 2. The minimum Gasteiger partial charge on any atom is -0.487 e. The smallest absolute Gasteiger partial charge is 0.339 e. The molecule has 5 nitrogen and oxygen atoms in total. The number of halogens is 1. The van der Waals surface area contributed by atoms with Crippen LogP contribution >= 0.6 is 11.6 Å². The number of hydrogen-bond acceptors (Lipinski definition) is 5. The number of hydrogen-bond donors (Lipinski definition) is 0. The number of fused-ring (bicyclic) bond motifs is 3. The van der Waals surface area contributed by atoms with E-state index in [1.165, 1.54) is 7.11 Å². The van der Waals surface area contributed by atoms with Crippen LogP contribution in [0.1, 0.15) is 39.9 Å². The van der Waals surface area contributed by atoms with E-state index in [1.54, 1.807) is 30.3 Å². The molecule has 28 heavy (non-hydrogen) atoms. The van der Waals surface area contributed by atoms with E-state index in [4.69, 9.17) is 20.8 Å². The zero-order valence-corrected chi connectivity index (χ0v) is 16.2. The molecule has 1 heterocycles. The minimum absolute atomic E-state index is 0.266. The molecule has 0 atom stereocenters. The predicted molar refractivity (Wildman–Crippen MR) is 106 cm³/mol. The molecule has 0 aliphatic heterocycles. The van der Waals surface area contributed by atoms with Crippen molar-refractivity contribution in [3.05, 3.63) is 74.1 Å². The van der Waals surface area contributed by atoms with Crippen LogP contribution in [-0.4, -0.2) is 13.1 Å². The topological polar surface area (TPSA) is 65.7 Å². The summed E-state index contributed by atoms with van der Waals surface area (Å²) >= 11 is 6.43. The highest BCUT2D eigenvalue weighted by atomic mass is 35.5. The van der Waals surface area contributed by atoms with E-state index in [1.807, 2.05) is 6.07 Å². The van der Waals surface area contributed by atoms with Gasteiger partial charge in [0.05, 0.1) is 17.7 Å². The van der Waals surface area contributed by atoms with Gasteiger partial charge >= 0.3 is 11.6 Å². The van der Waals surface area contributed by atoms with Crippen molar-refractivity contribution in [1.82, 2.24) is 0 Å². The summed E-state index contributed by atoms with van der Waals surface area (Å²) in [7, 11) is 1.34. The van der Waals surface area contributed by atoms with Gasteiger partial charge in [-0.25, -0.2) is 9.59 Å². The molecule has 0 radical (unpaired) electrons. The summed E-state index contributed by atoms with van der Waals surface area (Å²) in [5, 5.41) is 1.36. The lowest BCUT2D eigenvalue weighted by Crippen LogP contribution is -2.15. The molecule has 4 rings (SSSR count). The number of carbonyl (C=O) groups excluding carboxylic acids is 1. The number of aryl methyl sites for hydroxylation is 1. The van der Waals surface area contributed by atoms with Crippen molar-refractivity contribution in [2.45, 2.75) is 32.3 Å². The standard InChI is InChI=1S/C22H19ClO5/c1-26-21(24)14-8-6-13(7-9-14)12-27-20-11-19-17(10-18(20)23)15-4-2-3-5-16(15)22(25)28-19/h6-11H,2-5,12H2,1H3. The van der Waals surface area contributed by atoms with Gasteiger partial charge in [0.1, 0.15) is 17.9 Å². The third-order valence-corrected chi connectivity index (χ3v) is 5.34. The summed E-state index contributed by atoms with van der Waals surface area (Å²) in [5.41, 5.74) is 3.38. The molecule has 0 unspecified atom stereocenters. The van der Waals surface area contributed by atoms with Gasteiger partial charge in [0, 0.05) is 17.0 Å². The Morgan fingerprint density at radius 3 is 2.54 bits per heavy atom. The molecular formula is C22H19ClO5. The first-order valence-corrected chi connectivity index (χ1v) is 9.53. The van der Waals surface area contributed by atoms with E-state index >= 15 is 0 Å². The fourth-order valence-electron chi connectivity index (χ4n) is 3.57. The molecule has 0 saturated carbocycles. The highest BCUT2D eigenvalue weighted by Crippen LogP contribution is 2.34. The van der Waals surface area contributed by atoms with Gasteiger partial charge < -0.3 is 13.9 Å². The zero-order chi connectivity index (χ0) is 19.7. The van der Waals surface area contributed by atoms with Gasteiger partial charge in [0.15, 0.2) is 0 Å². The number of carbonyl (C=O) groups is 1. The molecule has 144 valence electrons. The summed E-state index contributed by atoms with van der Waals surface area (Å²) in [6.07, 6.45) is 3.68. The lowest BCUT2D eigenvalue weighted by atomic mass is 9.91. The summed E-state index contributed by atoms with van der Waals surface area (Å²) in [4.78, 5) is 23.8. The molecule has 0 amide bonds. The van der Waals surface area contributed by atoms with Crippen molar-refractivity contribution >= 4 is 28.5 Å². The first-order chi connectivity index (χ1) is 13.6. The van der Waals surface area contributed by atoms with E-state index in [-0.39, 0.29) is 18.2 Å². The quantitative estimate of drug-likeness (QED) is 0.471. The summed E-state index contributed by atoms with van der Waals surface area (Å²) in [5.74, 6) is 0.0634. The number of methoxy groups -OCH3 is 1. The predicted octanol–water partition coefficient (Wildman–Crippen LogP) is 4.69. The highest BCUT2D eigenvalue weighted by molar-refractivity contribution is 6.32. The monoisotopic (exact) mass is 398 g/mol. The third kappa shape index (κ3) is 3.50. The van der Waals surface area contributed by atoms with Gasteiger partial charge in [-0.15, -0.1) is 0 Å². The van der Waals surface area contributed by atoms with Crippen LogP contribution in [0.5, 0.6) is 5.75 Å². The van der Waals surface area contributed by atoms with Crippen LogP contribution in [-0.2, 0) is 24.2 Å². The van der Waals surface area contributed by atoms with Gasteiger partial charge in [-0.3, -0.25) is 0 Å². The normalized spacial score (nSPS) is 13.2. The Kier molecular flexibility index (Phi) is 5.09. The van der Waals surface area contributed by atoms with E-state index in [9.17, 15) is 9.59 Å². The van der Waals surface area contributed by atoms with Gasteiger partial charge in [-0.05, 0) is 55.0 Å². The highest BCUT2D eigenvalue weighted by Gasteiger charge is 2.19. The Labute approximate surface area is 166 Å². The summed E-state index contributed by atoms with van der Waals surface area (Å²) in [6.45, 7) is 0.266. The Bertz CT molecular complexity index is 1100. The van der Waals surface area contributed by atoms with Crippen molar-refractivity contribution in [2.75, 3.05) is 7.11 Å². The van der Waals surface area contributed by atoms with Gasteiger partial charge in [-0.1, -0.05) is 23.7 Å². The molecule has 0 saturated heterocycles. The SMILES string of the molecule is COC(=O)c1ccc(COc2cc3oc(=O)c4c(c3cc2Cl)CCCC4)cc1. The molecule has 0 N–H and O–H groups in total. The van der Waals surface area contributed by atoms with Crippen LogP contribution in [0.3, 0.4) is 0 Å². The van der Waals surface area contributed by atoms with Crippen molar-refractivity contribution in [3.63, 3.8) is 0 Å². The Hall–Kier alpha value is -2.79. The van der Waals surface area contributed by atoms with E-state index in [0.717, 1.165) is 47.8 Å². The van der Waals surface area contributed by atoms with E-state index in [2.05, 4.69) is 4.74 Å². The fraction of sp³-hybridized carbons (Fsp3) is 0.273. The summed E-state index contributed by atoms with van der Waals surface area (Å²) < 4.78 is 16.0. The number of ether oxygens (including phenoxy) is 2. The van der Waals surface area contributed by atoms with Crippen LogP contribution in [0.25, 0.3) is 11.0 Å². The number of esters is 1. The second kappa shape index (κ2) is 7.68. The maximum Gasteiger partial charge on any atom is 0.339 e. The van der Waals surface area contributed by atoms with Gasteiger partial charge in [0.2, 0.25) is 0 Å². The maximum atomic E-state index is 12.3. The second-order valence-corrected chi connectivity index (χ2v) is 7.22. The van der Waals surface area contributed by atoms with Crippen LogP contribution in [0.4, 0.5) is 0 Å². The first-order valence-electron chi connectivity index (χ1n) is 9.15. The average molecular weight is 399 g/mol. The second-order valence-electron chi connectivity index (χ2n) is 6.81. The molecule has 6 heteroatoms. The van der Waals surface area contributed by atoms with Gasteiger partial charge in [-0.2, -0.15) is 0 Å². The van der Waals surface area contributed by atoms with Crippen LogP contribution in [0.15, 0.2) is 45.6 Å². The molecule has 1 aliphatic carbocycles. The molecule has 1 aromatic heterocycles. The van der Waals surface area contributed by atoms with E-state index in [0.29, 0.717) is 21.9 Å². The first kappa shape index (κ1) is 18.6. The van der Waals surface area contributed by atoms with Crippen molar-refractivity contribution in [2.24, 2.45) is 0 Å². The molecule has 3 aromatic rings. The van der Waals surface area contributed by atoms with Crippen molar-refractivity contribution < 1.29 is 18.7 Å². The lowest BCUT2D eigenvalue weighted by Gasteiger charge is -2.17. The van der Waals surface area contributed by atoms with Crippen LogP contribution < -0.4 is 10.4 Å². The number of rotatable bonds is 4. The molecule has 0 bridgehead atoms. The van der Waals surface area contributed by atoms with Crippen molar-refractivity contribution in [1.29, 1.82) is 0 Å².